The maximum Gasteiger partial charge on any atom is 0.325 e. The lowest BCUT2D eigenvalue weighted by Gasteiger charge is -2.22. The molecule has 0 bridgehead atoms. The molecule has 1 fully saturated rings. The van der Waals surface area contributed by atoms with Crippen LogP contribution in [0.25, 0.3) is 11.3 Å². The lowest BCUT2D eigenvalue weighted by Crippen LogP contribution is -2.40. The van der Waals surface area contributed by atoms with E-state index in [-0.39, 0.29) is 24.2 Å². The SMILES string of the molecule is Cc1ccc(C2(C)NC(=O)N(Cc3ncc(-c4ccc(F)cc4)o3)C2=O)cc1. The molecule has 0 radical (unpaired) electrons. The summed E-state index contributed by atoms with van der Waals surface area (Å²) in [6, 6.07) is 12.7. The number of aryl methyl sites for hydroxylation is 1. The zero-order valence-corrected chi connectivity index (χ0v) is 15.4. The van der Waals surface area contributed by atoms with Gasteiger partial charge in [0.1, 0.15) is 17.9 Å². The number of aromatic nitrogens is 1. The van der Waals surface area contributed by atoms with Crippen LogP contribution in [-0.4, -0.2) is 21.8 Å². The van der Waals surface area contributed by atoms with Gasteiger partial charge in [0, 0.05) is 5.56 Å². The van der Waals surface area contributed by atoms with E-state index in [2.05, 4.69) is 10.3 Å². The number of nitrogens with zero attached hydrogens (tertiary/aromatic N) is 2. The van der Waals surface area contributed by atoms with Crippen molar-refractivity contribution in [1.29, 1.82) is 0 Å². The minimum atomic E-state index is -1.14. The molecule has 1 unspecified atom stereocenters. The topological polar surface area (TPSA) is 75.4 Å². The molecular formula is C21H18FN3O3. The fraction of sp³-hybridized carbons (Fsp3) is 0.190. The number of carbonyl (C=O) groups excluding carboxylic acids is 2. The van der Waals surface area contributed by atoms with Crippen LogP contribution in [0, 0.1) is 12.7 Å². The molecule has 0 saturated carbocycles. The molecule has 142 valence electrons. The summed E-state index contributed by atoms with van der Waals surface area (Å²) in [5.74, 6) is -0.0690. The normalized spacial score (nSPS) is 19.2. The van der Waals surface area contributed by atoms with Crippen LogP contribution in [0.15, 0.2) is 59.1 Å². The Hall–Kier alpha value is -3.48. The van der Waals surface area contributed by atoms with Crippen LogP contribution in [0.3, 0.4) is 0 Å². The van der Waals surface area contributed by atoms with Crippen molar-refractivity contribution in [3.05, 3.63) is 77.6 Å². The first-order chi connectivity index (χ1) is 13.4. The standard InChI is InChI=1S/C21H18FN3O3/c1-13-3-7-15(8-4-13)21(2)19(26)25(20(27)24-21)12-18-23-11-17(28-18)14-5-9-16(22)10-6-14/h3-11H,12H2,1-2H3,(H,24,27). The Morgan fingerprint density at radius 1 is 1.11 bits per heavy atom. The molecule has 2 heterocycles. The van der Waals surface area contributed by atoms with Crippen molar-refractivity contribution in [1.82, 2.24) is 15.2 Å². The Morgan fingerprint density at radius 3 is 2.46 bits per heavy atom. The van der Waals surface area contributed by atoms with Gasteiger partial charge in [0.2, 0.25) is 5.89 Å². The first-order valence-electron chi connectivity index (χ1n) is 8.79. The van der Waals surface area contributed by atoms with Crippen molar-refractivity contribution in [2.75, 3.05) is 0 Å². The predicted octanol–water partition coefficient (Wildman–Crippen LogP) is 3.76. The number of carbonyl (C=O) groups is 2. The van der Waals surface area contributed by atoms with Gasteiger partial charge in [-0.1, -0.05) is 29.8 Å². The average Bonchev–Trinajstić information content (AvgIpc) is 3.22. The average molecular weight is 379 g/mol. The van der Waals surface area contributed by atoms with Gasteiger partial charge in [0.05, 0.1) is 6.20 Å². The van der Waals surface area contributed by atoms with Crippen LogP contribution < -0.4 is 5.32 Å². The lowest BCUT2D eigenvalue weighted by molar-refractivity contribution is -0.131. The number of imide groups is 1. The van der Waals surface area contributed by atoms with Crippen LogP contribution >= 0.6 is 0 Å². The van der Waals surface area contributed by atoms with Crippen LogP contribution in [0.5, 0.6) is 0 Å². The molecule has 0 spiro atoms. The van der Waals surface area contributed by atoms with E-state index < -0.39 is 11.6 Å². The quantitative estimate of drug-likeness (QED) is 0.701. The van der Waals surface area contributed by atoms with Gasteiger partial charge in [-0.25, -0.2) is 14.2 Å². The van der Waals surface area contributed by atoms with Crippen molar-refractivity contribution < 1.29 is 18.4 Å². The van der Waals surface area contributed by atoms with E-state index in [0.717, 1.165) is 10.5 Å². The van der Waals surface area contributed by atoms with E-state index in [1.54, 1.807) is 19.1 Å². The Balaban J connectivity index is 1.55. The van der Waals surface area contributed by atoms with Gasteiger partial charge >= 0.3 is 6.03 Å². The highest BCUT2D eigenvalue weighted by Gasteiger charge is 2.49. The molecule has 3 amide bonds. The number of hydrogen-bond acceptors (Lipinski definition) is 4. The second-order valence-corrected chi connectivity index (χ2v) is 6.94. The van der Waals surface area contributed by atoms with E-state index in [0.29, 0.717) is 16.9 Å². The zero-order chi connectivity index (χ0) is 19.9. The minimum Gasteiger partial charge on any atom is -0.439 e. The number of urea groups is 1. The second-order valence-electron chi connectivity index (χ2n) is 6.94. The molecule has 1 saturated heterocycles. The molecule has 28 heavy (non-hydrogen) atoms. The monoisotopic (exact) mass is 379 g/mol. The van der Waals surface area contributed by atoms with Gasteiger partial charge in [0.25, 0.3) is 5.91 Å². The van der Waals surface area contributed by atoms with Crippen LogP contribution in [-0.2, 0) is 16.9 Å². The highest BCUT2D eigenvalue weighted by Crippen LogP contribution is 2.30. The molecule has 1 aliphatic rings. The number of halogens is 1. The predicted molar refractivity (Wildman–Crippen MR) is 99.5 cm³/mol. The van der Waals surface area contributed by atoms with Crippen molar-refractivity contribution >= 4 is 11.9 Å². The highest BCUT2D eigenvalue weighted by atomic mass is 19.1. The molecule has 1 aromatic heterocycles. The van der Waals surface area contributed by atoms with Gasteiger partial charge < -0.3 is 9.73 Å². The number of nitrogens with one attached hydrogen (secondary N) is 1. The molecule has 4 rings (SSSR count). The van der Waals surface area contributed by atoms with Crippen LogP contribution in [0.1, 0.15) is 23.9 Å². The third-order valence-corrected chi connectivity index (χ3v) is 4.88. The summed E-state index contributed by atoms with van der Waals surface area (Å²) in [7, 11) is 0. The molecule has 0 aliphatic carbocycles. The number of rotatable bonds is 4. The molecular weight excluding hydrogens is 361 g/mol. The van der Waals surface area contributed by atoms with E-state index in [9.17, 15) is 14.0 Å². The lowest BCUT2D eigenvalue weighted by atomic mass is 9.91. The van der Waals surface area contributed by atoms with Crippen LogP contribution in [0.4, 0.5) is 9.18 Å². The maximum absolute atomic E-state index is 13.1. The fourth-order valence-corrected chi connectivity index (χ4v) is 3.19. The van der Waals surface area contributed by atoms with Gasteiger partial charge in [-0.05, 0) is 43.7 Å². The molecule has 1 atom stereocenters. The number of benzene rings is 2. The summed E-state index contributed by atoms with van der Waals surface area (Å²) in [4.78, 5) is 30.6. The summed E-state index contributed by atoms with van der Waals surface area (Å²) in [5.41, 5.74) is 1.28. The summed E-state index contributed by atoms with van der Waals surface area (Å²) < 4.78 is 18.7. The third kappa shape index (κ3) is 3.05. The van der Waals surface area contributed by atoms with E-state index in [4.69, 9.17) is 4.42 Å². The minimum absolute atomic E-state index is 0.0900. The summed E-state index contributed by atoms with van der Waals surface area (Å²) in [6.07, 6.45) is 1.49. The Labute approximate surface area is 161 Å². The first-order valence-corrected chi connectivity index (χ1v) is 8.79. The molecule has 1 aliphatic heterocycles. The first kappa shape index (κ1) is 17.9. The number of amides is 3. The number of oxazole rings is 1. The summed E-state index contributed by atoms with van der Waals surface area (Å²) >= 11 is 0. The molecule has 2 aromatic carbocycles. The van der Waals surface area contributed by atoms with E-state index in [1.165, 1.54) is 18.3 Å². The maximum atomic E-state index is 13.1. The van der Waals surface area contributed by atoms with Crippen molar-refractivity contribution in [3.63, 3.8) is 0 Å². The molecule has 6 nitrogen and oxygen atoms in total. The zero-order valence-electron chi connectivity index (χ0n) is 15.4. The highest BCUT2D eigenvalue weighted by molar-refractivity contribution is 6.07. The van der Waals surface area contributed by atoms with Gasteiger partial charge in [-0.3, -0.25) is 9.69 Å². The van der Waals surface area contributed by atoms with Crippen LogP contribution in [0.2, 0.25) is 0 Å². The summed E-state index contributed by atoms with van der Waals surface area (Å²) in [5, 5.41) is 2.76. The Morgan fingerprint density at radius 2 is 1.79 bits per heavy atom. The second kappa shape index (κ2) is 6.60. The smallest absolute Gasteiger partial charge is 0.325 e. The summed E-state index contributed by atoms with van der Waals surface area (Å²) in [6.45, 7) is 3.54. The van der Waals surface area contributed by atoms with E-state index >= 15 is 0 Å². The Bertz CT molecular complexity index is 1040. The van der Waals surface area contributed by atoms with Gasteiger partial charge in [0.15, 0.2) is 5.76 Å². The van der Waals surface area contributed by atoms with Gasteiger partial charge in [-0.15, -0.1) is 0 Å². The van der Waals surface area contributed by atoms with Crippen molar-refractivity contribution in [2.24, 2.45) is 0 Å². The largest absolute Gasteiger partial charge is 0.439 e. The molecule has 3 aromatic rings. The fourth-order valence-electron chi connectivity index (χ4n) is 3.19. The van der Waals surface area contributed by atoms with E-state index in [1.807, 2.05) is 31.2 Å². The van der Waals surface area contributed by atoms with Gasteiger partial charge in [-0.2, -0.15) is 0 Å². The third-order valence-electron chi connectivity index (χ3n) is 4.88. The number of hydrogen-bond donors (Lipinski definition) is 1. The Kier molecular flexibility index (Phi) is 4.22. The molecule has 7 heteroatoms. The van der Waals surface area contributed by atoms with Crippen molar-refractivity contribution in [2.45, 2.75) is 25.9 Å². The van der Waals surface area contributed by atoms with Crippen molar-refractivity contribution in [3.8, 4) is 11.3 Å². The molecule has 1 N–H and O–H groups in total.